The van der Waals surface area contributed by atoms with Crippen LogP contribution in [0.15, 0.2) is 42.5 Å². The summed E-state index contributed by atoms with van der Waals surface area (Å²) in [5.41, 5.74) is 1.11. The number of rotatable bonds is 5. The van der Waals surface area contributed by atoms with E-state index in [2.05, 4.69) is 5.32 Å². The first kappa shape index (κ1) is 15.3. The Hall–Kier alpha value is -2.07. The Bertz CT molecular complexity index is 629. The summed E-state index contributed by atoms with van der Waals surface area (Å²) in [5.74, 6) is -0.104. The molecule has 0 heterocycles. The second-order valence-corrected chi connectivity index (χ2v) is 4.90. The highest BCUT2D eigenvalue weighted by molar-refractivity contribution is 6.31. The summed E-state index contributed by atoms with van der Waals surface area (Å²) in [6, 6.07) is 12.0. The Labute approximate surface area is 127 Å². The first-order valence-corrected chi connectivity index (χ1v) is 6.84. The van der Waals surface area contributed by atoms with Crippen LogP contribution in [-0.4, -0.2) is 13.0 Å². The molecule has 3 nitrogen and oxygen atoms in total. The van der Waals surface area contributed by atoms with E-state index in [1.807, 2.05) is 24.3 Å². The number of anilines is 1. The van der Waals surface area contributed by atoms with Gasteiger partial charge in [-0.3, -0.25) is 4.79 Å². The number of carbonyl (C=O) groups excluding carboxylic acids is 1. The minimum Gasteiger partial charge on any atom is -0.497 e. The van der Waals surface area contributed by atoms with E-state index >= 15 is 0 Å². The van der Waals surface area contributed by atoms with E-state index < -0.39 is 5.82 Å². The molecule has 2 aromatic carbocycles. The van der Waals surface area contributed by atoms with E-state index in [4.69, 9.17) is 16.3 Å². The SMILES string of the molecule is COc1ccc(CCC(=O)Nc2cccc(Cl)c2F)cc1. The first-order chi connectivity index (χ1) is 10.1. The van der Waals surface area contributed by atoms with Gasteiger partial charge >= 0.3 is 0 Å². The zero-order valence-electron chi connectivity index (χ0n) is 11.5. The second kappa shape index (κ2) is 7.09. The van der Waals surface area contributed by atoms with Crippen molar-refractivity contribution in [2.24, 2.45) is 0 Å². The quantitative estimate of drug-likeness (QED) is 0.904. The molecule has 21 heavy (non-hydrogen) atoms. The van der Waals surface area contributed by atoms with Gasteiger partial charge < -0.3 is 10.1 Å². The highest BCUT2D eigenvalue weighted by atomic mass is 35.5. The molecule has 0 atom stereocenters. The molecule has 1 amide bonds. The van der Waals surface area contributed by atoms with Crippen molar-refractivity contribution < 1.29 is 13.9 Å². The molecule has 2 aromatic rings. The number of methoxy groups -OCH3 is 1. The number of ether oxygens (including phenoxy) is 1. The number of nitrogens with one attached hydrogen (secondary N) is 1. The van der Waals surface area contributed by atoms with Gasteiger partial charge in [0, 0.05) is 6.42 Å². The van der Waals surface area contributed by atoms with Crippen molar-refractivity contribution in [3.05, 3.63) is 58.9 Å². The molecule has 0 saturated heterocycles. The fourth-order valence-electron chi connectivity index (χ4n) is 1.86. The van der Waals surface area contributed by atoms with E-state index in [1.54, 1.807) is 13.2 Å². The summed E-state index contributed by atoms with van der Waals surface area (Å²) in [6.07, 6.45) is 0.830. The molecule has 0 spiro atoms. The first-order valence-electron chi connectivity index (χ1n) is 6.47. The fourth-order valence-corrected chi connectivity index (χ4v) is 2.04. The molecule has 5 heteroatoms. The van der Waals surface area contributed by atoms with Crippen molar-refractivity contribution in [2.75, 3.05) is 12.4 Å². The molecule has 0 radical (unpaired) electrons. The summed E-state index contributed by atoms with van der Waals surface area (Å²) in [6.45, 7) is 0. The van der Waals surface area contributed by atoms with Gasteiger partial charge in [0.1, 0.15) is 5.75 Å². The lowest BCUT2D eigenvalue weighted by Crippen LogP contribution is -2.13. The largest absolute Gasteiger partial charge is 0.497 e. The highest BCUT2D eigenvalue weighted by Crippen LogP contribution is 2.22. The molecule has 0 fully saturated rings. The number of aryl methyl sites for hydroxylation is 1. The summed E-state index contributed by atoms with van der Waals surface area (Å²) in [5, 5.41) is 2.51. The van der Waals surface area contributed by atoms with Gasteiger partial charge in [0.15, 0.2) is 5.82 Å². The van der Waals surface area contributed by atoms with Crippen LogP contribution < -0.4 is 10.1 Å². The van der Waals surface area contributed by atoms with Crippen molar-refractivity contribution in [2.45, 2.75) is 12.8 Å². The normalized spacial score (nSPS) is 10.2. The lowest BCUT2D eigenvalue weighted by atomic mass is 10.1. The van der Waals surface area contributed by atoms with E-state index in [1.165, 1.54) is 12.1 Å². The number of halogens is 2. The zero-order chi connectivity index (χ0) is 15.2. The predicted octanol–water partition coefficient (Wildman–Crippen LogP) is 4.06. The maximum atomic E-state index is 13.6. The van der Waals surface area contributed by atoms with Crippen molar-refractivity contribution in [1.29, 1.82) is 0 Å². The third kappa shape index (κ3) is 4.20. The van der Waals surface area contributed by atoms with E-state index in [0.717, 1.165) is 11.3 Å². The fraction of sp³-hybridized carbons (Fsp3) is 0.188. The minimum absolute atomic E-state index is 0.0112. The lowest BCUT2D eigenvalue weighted by Gasteiger charge is -2.07. The van der Waals surface area contributed by atoms with E-state index in [9.17, 15) is 9.18 Å². The number of benzene rings is 2. The number of carbonyl (C=O) groups is 1. The van der Waals surface area contributed by atoms with Crippen LogP contribution in [0.25, 0.3) is 0 Å². The molecule has 0 aliphatic rings. The Morgan fingerprint density at radius 2 is 1.95 bits per heavy atom. The molecule has 0 aliphatic heterocycles. The summed E-state index contributed by atoms with van der Waals surface area (Å²) < 4.78 is 18.7. The molecular weight excluding hydrogens is 293 g/mol. The smallest absolute Gasteiger partial charge is 0.224 e. The summed E-state index contributed by atoms with van der Waals surface area (Å²) in [4.78, 5) is 11.8. The highest BCUT2D eigenvalue weighted by Gasteiger charge is 2.09. The molecule has 2 rings (SSSR count). The molecule has 0 aliphatic carbocycles. The van der Waals surface area contributed by atoms with Crippen LogP contribution in [0.3, 0.4) is 0 Å². The molecule has 0 unspecified atom stereocenters. The Balaban J connectivity index is 1.91. The van der Waals surface area contributed by atoms with Crippen molar-refractivity contribution >= 4 is 23.2 Å². The standard InChI is InChI=1S/C16H15ClFNO2/c1-21-12-8-5-11(6-9-12)7-10-15(20)19-14-4-2-3-13(17)16(14)18/h2-6,8-9H,7,10H2,1H3,(H,19,20). The van der Waals surface area contributed by atoms with Crippen molar-refractivity contribution in [3.8, 4) is 5.75 Å². The molecule has 0 bridgehead atoms. The van der Waals surface area contributed by atoms with Gasteiger partial charge in [-0.2, -0.15) is 0 Å². The lowest BCUT2D eigenvalue weighted by molar-refractivity contribution is -0.116. The molecule has 0 saturated carbocycles. The van der Waals surface area contributed by atoms with Crippen LogP contribution in [0.2, 0.25) is 5.02 Å². The van der Waals surface area contributed by atoms with Crippen LogP contribution in [-0.2, 0) is 11.2 Å². The predicted molar refractivity (Wildman–Crippen MR) is 81.4 cm³/mol. The van der Waals surface area contributed by atoms with E-state index in [0.29, 0.717) is 6.42 Å². The maximum absolute atomic E-state index is 13.6. The molecule has 1 N–H and O–H groups in total. The average molecular weight is 308 g/mol. The molecular formula is C16H15ClFNO2. The van der Waals surface area contributed by atoms with Gasteiger partial charge in [0.25, 0.3) is 0 Å². The summed E-state index contributed by atoms with van der Waals surface area (Å²) >= 11 is 5.66. The van der Waals surface area contributed by atoms with Crippen molar-refractivity contribution in [1.82, 2.24) is 0 Å². The Morgan fingerprint density at radius 1 is 1.24 bits per heavy atom. The van der Waals surface area contributed by atoms with Crippen LogP contribution in [0.1, 0.15) is 12.0 Å². The van der Waals surface area contributed by atoms with Gasteiger partial charge in [0.05, 0.1) is 17.8 Å². The Morgan fingerprint density at radius 3 is 2.62 bits per heavy atom. The van der Waals surface area contributed by atoms with Gasteiger partial charge in [0.2, 0.25) is 5.91 Å². The topological polar surface area (TPSA) is 38.3 Å². The zero-order valence-corrected chi connectivity index (χ0v) is 12.3. The average Bonchev–Trinajstić information content (AvgIpc) is 2.50. The van der Waals surface area contributed by atoms with Gasteiger partial charge in [-0.1, -0.05) is 29.8 Å². The van der Waals surface area contributed by atoms with Crippen LogP contribution in [0.5, 0.6) is 5.75 Å². The Kier molecular flexibility index (Phi) is 5.17. The molecule has 110 valence electrons. The molecule has 0 aromatic heterocycles. The van der Waals surface area contributed by atoms with E-state index in [-0.39, 0.29) is 23.0 Å². The van der Waals surface area contributed by atoms with Gasteiger partial charge in [-0.15, -0.1) is 0 Å². The van der Waals surface area contributed by atoms with Crippen LogP contribution in [0, 0.1) is 5.82 Å². The minimum atomic E-state index is -0.614. The number of hydrogen-bond acceptors (Lipinski definition) is 2. The van der Waals surface area contributed by atoms with Crippen molar-refractivity contribution in [3.63, 3.8) is 0 Å². The third-order valence-electron chi connectivity index (χ3n) is 3.03. The van der Waals surface area contributed by atoms with Crippen LogP contribution in [0.4, 0.5) is 10.1 Å². The second-order valence-electron chi connectivity index (χ2n) is 4.50. The van der Waals surface area contributed by atoms with Crippen LogP contribution >= 0.6 is 11.6 Å². The monoisotopic (exact) mass is 307 g/mol. The number of amides is 1. The summed E-state index contributed by atoms with van der Waals surface area (Å²) in [7, 11) is 1.60. The maximum Gasteiger partial charge on any atom is 0.224 e. The third-order valence-corrected chi connectivity index (χ3v) is 3.32. The van der Waals surface area contributed by atoms with Gasteiger partial charge in [-0.05, 0) is 36.2 Å². The van der Waals surface area contributed by atoms with Gasteiger partial charge in [-0.25, -0.2) is 4.39 Å². The number of hydrogen-bond donors (Lipinski definition) is 1.